The lowest BCUT2D eigenvalue weighted by Crippen LogP contribution is -2.80. The molecular formula is C38H46O9. The zero-order chi connectivity index (χ0) is 34.4. The van der Waals surface area contributed by atoms with Crippen molar-refractivity contribution in [2.24, 2.45) is 17.8 Å². The number of phenolic OH excluding ortho intramolecular Hbond substituents is 1. The molecule has 3 saturated carbocycles. The summed E-state index contributed by atoms with van der Waals surface area (Å²) in [5.74, 6) is -4.44. The molecule has 0 amide bonds. The average Bonchev–Trinajstić information content (AvgIpc) is 3.10. The highest BCUT2D eigenvalue weighted by atomic mass is 16.6. The van der Waals surface area contributed by atoms with E-state index < -0.39 is 63.8 Å². The van der Waals surface area contributed by atoms with Gasteiger partial charge in [0.05, 0.1) is 23.2 Å². The van der Waals surface area contributed by atoms with Crippen LogP contribution >= 0.6 is 0 Å². The number of Topliss-reactive ketones (excluding diaryl/α,β-unsaturated/α-hetero) is 2. The van der Waals surface area contributed by atoms with Crippen molar-refractivity contribution in [1.29, 1.82) is 0 Å². The van der Waals surface area contributed by atoms with Crippen molar-refractivity contribution < 1.29 is 43.9 Å². The number of hydrogen-bond acceptors (Lipinski definition) is 8. The van der Waals surface area contributed by atoms with Gasteiger partial charge in [-0.05, 0) is 93.2 Å². The van der Waals surface area contributed by atoms with E-state index in [1.807, 2.05) is 60.6 Å². The summed E-state index contributed by atoms with van der Waals surface area (Å²) in [7, 11) is 0. The summed E-state index contributed by atoms with van der Waals surface area (Å²) >= 11 is 0. The van der Waals surface area contributed by atoms with Crippen molar-refractivity contribution in [3.63, 3.8) is 0 Å². The molecule has 6 aliphatic rings. The molecule has 1 saturated heterocycles. The van der Waals surface area contributed by atoms with E-state index in [1.165, 1.54) is 18.6 Å². The number of benzene rings is 1. The van der Waals surface area contributed by atoms with Gasteiger partial charge in [-0.1, -0.05) is 29.4 Å². The Morgan fingerprint density at radius 3 is 2.32 bits per heavy atom. The van der Waals surface area contributed by atoms with E-state index in [1.54, 1.807) is 6.08 Å². The summed E-state index contributed by atoms with van der Waals surface area (Å²) in [6.45, 7) is 15.1. The third kappa shape index (κ3) is 4.67. The number of aliphatic hydroxyl groups is 1. The lowest BCUT2D eigenvalue weighted by atomic mass is 9.45. The molecule has 0 radical (unpaired) electrons. The predicted molar refractivity (Wildman–Crippen MR) is 176 cm³/mol. The molecule has 1 spiro atoms. The van der Waals surface area contributed by atoms with E-state index in [4.69, 9.17) is 14.2 Å². The quantitative estimate of drug-likeness (QED) is 0.220. The third-order valence-electron chi connectivity index (χ3n) is 11.1. The summed E-state index contributed by atoms with van der Waals surface area (Å²) in [5, 5.41) is 33.2. The van der Waals surface area contributed by atoms with Gasteiger partial charge >= 0.3 is 5.97 Å². The van der Waals surface area contributed by atoms with E-state index >= 15 is 0 Å². The Labute approximate surface area is 276 Å². The molecule has 1 aromatic carbocycles. The van der Waals surface area contributed by atoms with Gasteiger partial charge in [0.25, 0.3) is 0 Å². The highest BCUT2D eigenvalue weighted by Gasteiger charge is 2.85. The SMILES string of the molecule is CC(C)=CCC[C@]1(C)C=Cc2c(O)c3c(c(CC=C(C)C)c2O1)O[C@]12[C@@H](C3=O)[C@@H](O)[C@@H]3C[C@H]1C(C)(C)O[C@@]2(CC=C(C)C(=O)O)C3=O. The number of allylic oxidation sites excluding steroid dienone is 4. The van der Waals surface area contributed by atoms with Crippen LogP contribution in [-0.2, 0) is 20.7 Å². The Balaban J connectivity index is 1.60. The lowest BCUT2D eigenvalue weighted by Gasteiger charge is -2.62. The molecular weight excluding hydrogens is 600 g/mol. The fraction of sp³-hybridized carbons (Fsp3) is 0.553. The van der Waals surface area contributed by atoms with Gasteiger partial charge in [0.2, 0.25) is 0 Å². The van der Waals surface area contributed by atoms with Gasteiger partial charge < -0.3 is 29.5 Å². The summed E-state index contributed by atoms with van der Waals surface area (Å²) in [6.07, 6.45) is 9.79. The molecule has 4 fully saturated rings. The smallest absolute Gasteiger partial charge is 0.330 e. The number of aliphatic carboxylic acids is 1. The van der Waals surface area contributed by atoms with Crippen LogP contribution < -0.4 is 9.47 Å². The summed E-state index contributed by atoms with van der Waals surface area (Å²) < 4.78 is 20.5. The van der Waals surface area contributed by atoms with Crippen molar-refractivity contribution in [1.82, 2.24) is 0 Å². The van der Waals surface area contributed by atoms with Gasteiger partial charge in [-0.3, -0.25) is 9.59 Å². The van der Waals surface area contributed by atoms with Crippen LogP contribution in [0.5, 0.6) is 17.2 Å². The first-order valence-corrected chi connectivity index (χ1v) is 16.5. The highest BCUT2D eigenvalue weighted by molar-refractivity contribution is 6.10. The Morgan fingerprint density at radius 1 is 1.00 bits per heavy atom. The molecule has 4 bridgehead atoms. The number of carboxylic acid groups (broad SMARTS) is 1. The second kappa shape index (κ2) is 10.9. The second-order valence-electron chi connectivity index (χ2n) is 15.2. The molecule has 0 unspecified atom stereocenters. The molecule has 9 nitrogen and oxygen atoms in total. The number of ether oxygens (including phenoxy) is 3. The van der Waals surface area contributed by atoms with E-state index in [0.717, 1.165) is 12.0 Å². The number of aromatic hydroxyl groups is 1. The van der Waals surface area contributed by atoms with Crippen LogP contribution in [0.4, 0.5) is 0 Å². The van der Waals surface area contributed by atoms with Crippen molar-refractivity contribution in [3.8, 4) is 17.2 Å². The predicted octanol–water partition coefficient (Wildman–Crippen LogP) is 6.29. The summed E-state index contributed by atoms with van der Waals surface area (Å²) in [5.41, 5.74) is -1.91. The maximum Gasteiger partial charge on any atom is 0.330 e. The Bertz CT molecular complexity index is 1700. The molecule has 47 heavy (non-hydrogen) atoms. The Morgan fingerprint density at radius 2 is 1.68 bits per heavy atom. The molecule has 3 aliphatic carbocycles. The Kier molecular flexibility index (Phi) is 7.72. The van der Waals surface area contributed by atoms with Crippen LogP contribution in [0.2, 0.25) is 0 Å². The number of aliphatic hydroxyl groups excluding tert-OH is 1. The average molecular weight is 647 g/mol. The first-order chi connectivity index (χ1) is 21.9. The zero-order valence-electron chi connectivity index (χ0n) is 28.5. The summed E-state index contributed by atoms with van der Waals surface area (Å²) in [6, 6.07) is 0. The normalized spacial score (nSPS) is 34.1. The third-order valence-corrected chi connectivity index (χ3v) is 11.1. The minimum Gasteiger partial charge on any atom is -0.506 e. The Hall–Kier alpha value is -3.69. The number of carbonyl (C=O) groups is 3. The molecule has 9 heteroatoms. The second-order valence-corrected chi connectivity index (χ2v) is 15.2. The van der Waals surface area contributed by atoms with Gasteiger partial charge in [-0.2, -0.15) is 0 Å². The molecule has 3 aliphatic heterocycles. The summed E-state index contributed by atoms with van der Waals surface area (Å²) in [4.78, 5) is 41.1. The minimum absolute atomic E-state index is 0.0260. The fourth-order valence-electron chi connectivity index (χ4n) is 8.76. The van der Waals surface area contributed by atoms with Crippen LogP contribution in [0.25, 0.3) is 6.08 Å². The van der Waals surface area contributed by atoms with Crippen LogP contribution in [-0.4, -0.2) is 61.4 Å². The monoisotopic (exact) mass is 646 g/mol. The van der Waals surface area contributed by atoms with E-state index in [2.05, 4.69) is 6.08 Å². The molecule has 3 heterocycles. The maximum absolute atomic E-state index is 14.8. The van der Waals surface area contributed by atoms with Gasteiger partial charge in [0.1, 0.15) is 28.4 Å². The highest BCUT2D eigenvalue weighted by Crippen LogP contribution is 2.70. The first-order valence-electron chi connectivity index (χ1n) is 16.5. The maximum atomic E-state index is 14.8. The molecule has 7 atom stereocenters. The zero-order valence-corrected chi connectivity index (χ0v) is 28.5. The number of carboxylic acids is 1. The van der Waals surface area contributed by atoms with Gasteiger partial charge in [0.15, 0.2) is 22.8 Å². The van der Waals surface area contributed by atoms with Crippen molar-refractivity contribution in [2.45, 2.75) is 116 Å². The topological polar surface area (TPSA) is 140 Å². The van der Waals surface area contributed by atoms with Crippen LogP contribution in [0.15, 0.2) is 41.0 Å². The number of rotatable bonds is 8. The number of ketones is 2. The molecule has 7 rings (SSSR count). The minimum atomic E-state index is -1.74. The standard InChI is InChI=1S/C38H46O9/c1-19(2)10-9-15-36(8)16-14-22-28(39)26-30(41)27-29(40)24-18-25-35(6,7)47-37(33(24)42,17-13-21(5)34(43)44)38(25,27)46-32(26)23(31(22)45-36)12-11-20(3)4/h10-11,13-14,16,24-25,27,29,39-40H,9,12,15,17-18H2,1-8H3,(H,43,44)/t24-,25-,27+,29-,36+,37-,38-/m0/s1. The van der Waals surface area contributed by atoms with E-state index in [-0.39, 0.29) is 35.5 Å². The van der Waals surface area contributed by atoms with Crippen molar-refractivity contribution in [3.05, 3.63) is 57.7 Å². The number of phenols is 1. The van der Waals surface area contributed by atoms with E-state index in [9.17, 15) is 29.7 Å². The van der Waals surface area contributed by atoms with Crippen LogP contribution in [0.1, 0.15) is 103 Å². The molecule has 3 N–H and O–H groups in total. The first kappa shape index (κ1) is 33.2. The van der Waals surface area contributed by atoms with Crippen LogP contribution in [0, 0.1) is 17.8 Å². The number of fused-ring (bicyclic) bond motifs is 2. The number of carbonyl (C=O) groups excluding carboxylic acids is 2. The van der Waals surface area contributed by atoms with E-state index in [0.29, 0.717) is 29.7 Å². The lowest BCUT2D eigenvalue weighted by molar-refractivity contribution is -0.220. The van der Waals surface area contributed by atoms with Gasteiger partial charge in [0, 0.05) is 29.4 Å². The van der Waals surface area contributed by atoms with Gasteiger partial charge in [-0.25, -0.2) is 4.79 Å². The van der Waals surface area contributed by atoms with Crippen molar-refractivity contribution >= 4 is 23.6 Å². The fourth-order valence-corrected chi connectivity index (χ4v) is 8.76. The van der Waals surface area contributed by atoms with Crippen LogP contribution in [0.3, 0.4) is 0 Å². The molecule has 0 aromatic heterocycles. The molecule has 252 valence electrons. The largest absolute Gasteiger partial charge is 0.506 e. The van der Waals surface area contributed by atoms with Gasteiger partial charge in [-0.15, -0.1) is 0 Å². The van der Waals surface area contributed by atoms with Crippen molar-refractivity contribution in [2.75, 3.05) is 0 Å². The molecule has 1 aromatic rings. The number of hydrogen-bond donors (Lipinski definition) is 3.